The molecule has 1 aliphatic rings. The average Bonchev–Trinajstić information content (AvgIpc) is 2.49. The minimum atomic E-state index is -0.532. The van der Waals surface area contributed by atoms with Crippen LogP contribution in [0.4, 0.5) is 15.8 Å². The molecule has 0 aliphatic carbocycles. The monoisotopic (exact) mass is 284 g/mol. The van der Waals surface area contributed by atoms with E-state index in [0.717, 1.165) is 29.7 Å². The topological polar surface area (TPSA) is 46.3 Å². The number of aryl methyl sites for hydroxylation is 2. The second-order valence-electron chi connectivity index (χ2n) is 5.38. The van der Waals surface area contributed by atoms with Crippen molar-refractivity contribution in [1.29, 1.82) is 0 Å². The van der Waals surface area contributed by atoms with Crippen molar-refractivity contribution in [3.63, 3.8) is 0 Å². The molecule has 2 aromatic carbocycles. The van der Waals surface area contributed by atoms with Gasteiger partial charge in [0.1, 0.15) is 5.82 Å². The van der Waals surface area contributed by atoms with Crippen molar-refractivity contribution in [3.05, 3.63) is 58.9 Å². The van der Waals surface area contributed by atoms with Gasteiger partial charge in [-0.2, -0.15) is 0 Å². The number of nitrogens with two attached hydrogens (primary N) is 1. The van der Waals surface area contributed by atoms with Gasteiger partial charge in [-0.05, 0) is 49.1 Å². The van der Waals surface area contributed by atoms with Crippen LogP contribution in [0.25, 0.3) is 0 Å². The first-order valence-corrected chi connectivity index (χ1v) is 7.03. The maximum absolute atomic E-state index is 13.9. The van der Waals surface area contributed by atoms with E-state index in [-0.39, 0.29) is 11.5 Å². The molecule has 0 atom stereocenters. The Hall–Kier alpha value is -2.36. The lowest BCUT2D eigenvalue weighted by molar-refractivity contribution is 0.0981. The molecule has 4 heteroatoms. The first kappa shape index (κ1) is 13.6. The lowest BCUT2D eigenvalue weighted by Gasteiger charge is -2.31. The van der Waals surface area contributed by atoms with Crippen molar-refractivity contribution in [2.75, 3.05) is 17.2 Å². The Morgan fingerprint density at radius 3 is 2.90 bits per heavy atom. The Morgan fingerprint density at radius 1 is 1.29 bits per heavy atom. The molecular formula is C17H17FN2O. The SMILES string of the molecule is Cc1cccc2c1N(C(=O)c1cc(N)ccc1F)CCC2. The summed E-state index contributed by atoms with van der Waals surface area (Å²) in [5, 5.41) is 0. The van der Waals surface area contributed by atoms with Crippen LogP contribution in [0.15, 0.2) is 36.4 Å². The fourth-order valence-corrected chi connectivity index (χ4v) is 2.90. The highest BCUT2D eigenvalue weighted by molar-refractivity contribution is 6.07. The number of hydrogen-bond donors (Lipinski definition) is 1. The Balaban J connectivity index is 2.06. The van der Waals surface area contributed by atoms with Crippen molar-refractivity contribution < 1.29 is 9.18 Å². The van der Waals surface area contributed by atoms with Gasteiger partial charge in [0.15, 0.2) is 0 Å². The Morgan fingerprint density at radius 2 is 2.10 bits per heavy atom. The number of halogens is 1. The van der Waals surface area contributed by atoms with Gasteiger partial charge >= 0.3 is 0 Å². The molecule has 21 heavy (non-hydrogen) atoms. The quantitative estimate of drug-likeness (QED) is 0.817. The molecule has 0 saturated carbocycles. The molecule has 0 spiro atoms. The standard InChI is InChI=1S/C17H17FN2O/c1-11-4-2-5-12-6-3-9-20(16(11)12)17(21)14-10-13(19)7-8-15(14)18/h2,4-5,7-8,10H,3,6,9,19H2,1H3. The van der Waals surface area contributed by atoms with Gasteiger partial charge < -0.3 is 10.6 Å². The van der Waals surface area contributed by atoms with E-state index in [4.69, 9.17) is 5.73 Å². The molecule has 2 aromatic rings. The summed E-state index contributed by atoms with van der Waals surface area (Å²) in [5.41, 5.74) is 9.19. The van der Waals surface area contributed by atoms with E-state index >= 15 is 0 Å². The predicted octanol–water partition coefficient (Wildman–Crippen LogP) is 3.31. The highest BCUT2D eigenvalue weighted by Gasteiger charge is 2.26. The zero-order valence-corrected chi connectivity index (χ0v) is 11.9. The van der Waals surface area contributed by atoms with E-state index in [2.05, 4.69) is 0 Å². The minimum Gasteiger partial charge on any atom is -0.399 e. The fraction of sp³-hybridized carbons (Fsp3) is 0.235. The summed E-state index contributed by atoms with van der Waals surface area (Å²) in [6, 6.07) is 10.1. The maximum Gasteiger partial charge on any atom is 0.261 e. The van der Waals surface area contributed by atoms with Gasteiger partial charge in [-0.3, -0.25) is 4.79 Å². The second kappa shape index (κ2) is 5.20. The van der Waals surface area contributed by atoms with E-state index in [1.165, 1.54) is 18.2 Å². The Bertz CT molecular complexity index is 712. The Labute approximate surface area is 123 Å². The number of carbonyl (C=O) groups excluding carboxylic acids is 1. The van der Waals surface area contributed by atoms with E-state index in [0.29, 0.717) is 12.2 Å². The molecular weight excluding hydrogens is 267 g/mol. The number of nitrogens with zero attached hydrogens (tertiary/aromatic N) is 1. The number of amides is 1. The molecule has 0 radical (unpaired) electrons. The van der Waals surface area contributed by atoms with Crippen molar-refractivity contribution >= 4 is 17.3 Å². The van der Waals surface area contributed by atoms with Crippen LogP contribution in [0, 0.1) is 12.7 Å². The predicted molar refractivity (Wildman–Crippen MR) is 82.0 cm³/mol. The molecule has 3 nitrogen and oxygen atoms in total. The van der Waals surface area contributed by atoms with Gasteiger partial charge in [-0.15, -0.1) is 0 Å². The molecule has 1 aliphatic heterocycles. The van der Waals surface area contributed by atoms with Crippen LogP contribution in [-0.2, 0) is 6.42 Å². The van der Waals surface area contributed by atoms with Gasteiger partial charge in [0.2, 0.25) is 0 Å². The molecule has 0 aromatic heterocycles. The summed E-state index contributed by atoms with van der Waals surface area (Å²) in [7, 11) is 0. The third-order valence-corrected chi connectivity index (χ3v) is 3.89. The highest BCUT2D eigenvalue weighted by Crippen LogP contribution is 2.32. The zero-order chi connectivity index (χ0) is 15.0. The van der Waals surface area contributed by atoms with Crippen molar-refractivity contribution in [1.82, 2.24) is 0 Å². The van der Waals surface area contributed by atoms with Crippen LogP contribution in [-0.4, -0.2) is 12.5 Å². The number of benzene rings is 2. The summed E-state index contributed by atoms with van der Waals surface area (Å²) >= 11 is 0. The largest absolute Gasteiger partial charge is 0.399 e. The van der Waals surface area contributed by atoms with Gasteiger partial charge in [0, 0.05) is 12.2 Å². The van der Waals surface area contributed by atoms with Gasteiger partial charge in [0.05, 0.1) is 11.3 Å². The third kappa shape index (κ3) is 2.37. The first-order chi connectivity index (χ1) is 10.1. The number of fused-ring (bicyclic) bond motifs is 1. The fourth-order valence-electron chi connectivity index (χ4n) is 2.90. The zero-order valence-electron chi connectivity index (χ0n) is 11.9. The van der Waals surface area contributed by atoms with E-state index in [1.54, 1.807) is 4.90 Å². The van der Waals surface area contributed by atoms with Crippen molar-refractivity contribution in [2.24, 2.45) is 0 Å². The van der Waals surface area contributed by atoms with E-state index in [1.807, 2.05) is 25.1 Å². The van der Waals surface area contributed by atoms with Crippen molar-refractivity contribution in [2.45, 2.75) is 19.8 Å². The van der Waals surface area contributed by atoms with Crippen LogP contribution in [0.2, 0.25) is 0 Å². The number of carbonyl (C=O) groups is 1. The van der Waals surface area contributed by atoms with Gasteiger partial charge in [0.25, 0.3) is 5.91 Å². The number of hydrogen-bond acceptors (Lipinski definition) is 2. The molecule has 2 N–H and O–H groups in total. The molecule has 0 unspecified atom stereocenters. The molecule has 0 saturated heterocycles. The highest BCUT2D eigenvalue weighted by atomic mass is 19.1. The number of rotatable bonds is 1. The van der Waals surface area contributed by atoms with Crippen LogP contribution >= 0.6 is 0 Å². The molecule has 1 heterocycles. The van der Waals surface area contributed by atoms with Gasteiger partial charge in [-0.1, -0.05) is 18.2 Å². The second-order valence-corrected chi connectivity index (χ2v) is 5.38. The smallest absolute Gasteiger partial charge is 0.261 e. The van der Waals surface area contributed by atoms with Crippen LogP contribution in [0.5, 0.6) is 0 Å². The summed E-state index contributed by atoms with van der Waals surface area (Å²) < 4.78 is 13.9. The molecule has 0 fully saturated rings. The molecule has 0 bridgehead atoms. The summed E-state index contributed by atoms with van der Waals surface area (Å²) in [6.45, 7) is 2.57. The summed E-state index contributed by atoms with van der Waals surface area (Å²) in [6.07, 6.45) is 1.83. The van der Waals surface area contributed by atoms with Crippen molar-refractivity contribution in [3.8, 4) is 0 Å². The number of para-hydroxylation sites is 1. The van der Waals surface area contributed by atoms with Gasteiger partial charge in [-0.25, -0.2) is 4.39 Å². The van der Waals surface area contributed by atoms with Crippen LogP contribution < -0.4 is 10.6 Å². The van der Waals surface area contributed by atoms with E-state index in [9.17, 15) is 9.18 Å². The lowest BCUT2D eigenvalue weighted by atomic mass is 9.97. The molecule has 108 valence electrons. The van der Waals surface area contributed by atoms with Crippen LogP contribution in [0.3, 0.4) is 0 Å². The normalized spacial score (nSPS) is 13.9. The van der Waals surface area contributed by atoms with E-state index < -0.39 is 5.82 Å². The number of anilines is 2. The number of nitrogen functional groups attached to an aromatic ring is 1. The lowest BCUT2D eigenvalue weighted by Crippen LogP contribution is -2.36. The third-order valence-electron chi connectivity index (χ3n) is 3.89. The average molecular weight is 284 g/mol. The summed E-state index contributed by atoms with van der Waals surface area (Å²) in [5.74, 6) is -0.857. The minimum absolute atomic E-state index is 0.0334. The first-order valence-electron chi connectivity index (χ1n) is 7.03. The van der Waals surface area contributed by atoms with Crippen LogP contribution in [0.1, 0.15) is 27.9 Å². The maximum atomic E-state index is 13.9. The molecule has 3 rings (SSSR count). The Kier molecular flexibility index (Phi) is 3.37. The molecule has 1 amide bonds. The summed E-state index contributed by atoms with van der Waals surface area (Å²) in [4.78, 5) is 14.4.